The van der Waals surface area contributed by atoms with E-state index in [2.05, 4.69) is 6.58 Å². The smallest absolute Gasteiger partial charge is 0.0542 e. The van der Waals surface area contributed by atoms with Crippen molar-refractivity contribution < 1.29 is 5.11 Å². The minimum Gasteiger partial charge on any atom is -0.393 e. The molecule has 1 N–H and O–H groups in total. The number of aliphatic hydroxyl groups is 1. The first-order chi connectivity index (χ1) is 8.33. The normalized spacial score (nSPS) is 19.8. The highest BCUT2D eigenvalue weighted by atomic mass is 16.3. The number of aliphatic hydroxyl groups excluding tert-OH is 1. The van der Waals surface area contributed by atoms with Crippen LogP contribution in [0.3, 0.4) is 0 Å². The van der Waals surface area contributed by atoms with Gasteiger partial charge in [-0.3, -0.25) is 0 Å². The van der Waals surface area contributed by atoms with Gasteiger partial charge in [0.25, 0.3) is 0 Å². The van der Waals surface area contributed by atoms with Gasteiger partial charge >= 0.3 is 0 Å². The van der Waals surface area contributed by atoms with Crippen molar-refractivity contribution in [1.82, 2.24) is 0 Å². The first-order valence-corrected chi connectivity index (χ1v) is 7.62. The Bertz CT molecular complexity index is 180. The Morgan fingerprint density at radius 1 is 1.06 bits per heavy atom. The lowest BCUT2D eigenvalue weighted by atomic mass is 9.92. The molecule has 1 unspecified atom stereocenters. The van der Waals surface area contributed by atoms with Gasteiger partial charge in [0.1, 0.15) is 0 Å². The van der Waals surface area contributed by atoms with Gasteiger partial charge in [-0.25, -0.2) is 0 Å². The maximum absolute atomic E-state index is 10.0. The molecule has 100 valence electrons. The molecule has 0 bridgehead atoms. The molecule has 0 spiro atoms. The van der Waals surface area contributed by atoms with Crippen LogP contribution in [0.15, 0.2) is 12.7 Å². The fraction of sp³-hybridized carbons (Fsp3) is 0.875. The van der Waals surface area contributed by atoms with Crippen molar-refractivity contribution in [2.24, 2.45) is 5.92 Å². The van der Waals surface area contributed by atoms with Crippen LogP contribution in [0, 0.1) is 5.92 Å². The Hall–Kier alpha value is -0.300. The molecular weight excluding hydrogens is 208 g/mol. The van der Waals surface area contributed by atoms with Crippen LogP contribution < -0.4 is 0 Å². The van der Waals surface area contributed by atoms with Crippen molar-refractivity contribution in [2.75, 3.05) is 0 Å². The predicted molar refractivity (Wildman–Crippen MR) is 75.1 cm³/mol. The second kappa shape index (κ2) is 9.70. The fourth-order valence-electron chi connectivity index (χ4n) is 2.95. The molecule has 1 fully saturated rings. The van der Waals surface area contributed by atoms with Gasteiger partial charge in [0.2, 0.25) is 0 Å². The summed E-state index contributed by atoms with van der Waals surface area (Å²) in [5.41, 5.74) is 0. The van der Waals surface area contributed by atoms with E-state index in [1.165, 1.54) is 57.8 Å². The summed E-state index contributed by atoms with van der Waals surface area (Å²) in [5.74, 6) is 0.806. The van der Waals surface area contributed by atoms with Crippen molar-refractivity contribution in [2.45, 2.75) is 83.2 Å². The molecule has 1 rings (SSSR count). The molecule has 17 heavy (non-hydrogen) atoms. The van der Waals surface area contributed by atoms with Gasteiger partial charge in [-0.05, 0) is 31.6 Å². The molecule has 0 aromatic rings. The molecule has 1 heteroatoms. The molecule has 0 saturated heterocycles. The summed E-state index contributed by atoms with van der Waals surface area (Å²) in [5, 5.41) is 10.0. The third kappa shape index (κ3) is 7.59. The van der Waals surface area contributed by atoms with Crippen molar-refractivity contribution >= 4 is 0 Å². The monoisotopic (exact) mass is 238 g/mol. The zero-order valence-electron chi connectivity index (χ0n) is 11.4. The lowest BCUT2D eigenvalue weighted by Gasteiger charge is -2.18. The van der Waals surface area contributed by atoms with Crippen LogP contribution in [-0.2, 0) is 0 Å². The largest absolute Gasteiger partial charge is 0.393 e. The molecule has 1 aliphatic rings. The van der Waals surface area contributed by atoms with E-state index in [4.69, 9.17) is 0 Å². The van der Waals surface area contributed by atoms with E-state index in [1.807, 2.05) is 6.08 Å². The summed E-state index contributed by atoms with van der Waals surface area (Å²) in [6, 6.07) is 0. The standard InChI is InChI=1S/C16H30O/c1-2-3-4-5-10-13-16(17)14-15-11-8-6-7-9-12-15/h2,15-17H,1,3-14H2. The van der Waals surface area contributed by atoms with E-state index >= 15 is 0 Å². The lowest BCUT2D eigenvalue weighted by molar-refractivity contribution is 0.125. The highest BCUT2D eigenvalue weighted by Crippen LogP contribution is 2.27. The van der Waals surface area contributed by atoms with Gasteiger partial charge in [-0.2, -0.15) is 0 Å². The molecule has 1 atom stereocenters. The molecule has 1 saturated carbocycles. The Labute approximate surface area is 107 Å². The minimum absolute atomic E-state index is 0.0400. The molecule has 0 aromatic carbocycles. The van der Waals surface area contributed by atoms with Crippen LogP contribution in [0.2, 0.25) is 0 Å². The zero-order chi connectivity index (χ0) is 12.3. The Morgan fingerprint density at radius 2 is 1.76 bits per heavy atom. The van der Waals surface area contributed by atoms with E-state index in [0.29, 0.717) is 0 Å². The summed E-state index contributed by atoms with van der Waals surface area (Å²) < 4.78 is 0. The van der Waals surface area contributed by atoms with Gasteiger partial charge in [0.05, 0.1) is 6.10 Å². The summed E-state index contributed by atoms with van der Waals surface area (Å²) in [6.45, 7) is 3.73. The maximum Gasteiger partial charge on any atom is 0.0542 e. The third-order valence-corrected chi connectivity index (χ3v) is 4.03. The van der Waals surface area contributed by atoms with Crippen LogP contribution in [0.5, 0.6) is 0 Å². The van der Waals surface area contributed by atoms with Gasteiger partial charge in [-0.15, -0.1) is 6.58 Å². The van der Waals surface area contributed by atoms with Crippen LogP contribution >= 0.6 is 0 Å². The highest BCUT2D eigenvalue weighted by molar-refractivity contribution is 4.70. The van der Waals surface area contributed by atoms with E-state index < -0.39 is 0 Å². The molecule has 0 heterocycles. The molecule has 1 aliphatic carbocycles. The zero-order valence-corrected chi connectivity index (χ0v) is 11.4. The lowest BCUT2D eigenvalue weighted by Crippen LogP contribution is -2.13. The van der Waals surface area contributed by atoms with Crippen LogP contribution in [0.4, 0.5) is 0 Å². The van der Waals surface area contributed by atoms with Crippen LogP contribution in [0.1, 0.15) is 77.0 Å². The molecule has 0 amide bonds. The molecule has 0 aliphatic heterocycles. The van der Waals surface area contributed by atoms with Gasteiger partial charge in [0.15, 0.2) is 0 Å². The number of allylic oxidation sites excluding steroid dienone is 1. The first kappa shape index (κ1) is 14.8. The summed E-state index contributed by atoms with van der Waals surface area (Å²) >= 11 is 0. The number of hydrogen-bond acceptors (Lipinski definition) is 1. The van der Waals surface area contributed by atoms with Gasteiger partial charge in [0, 0.05) is 0 Å². The highest BCUT2D eigenvalue weighted by Gasteiger charge is 2.16. The minimum atomic E-state index is -0.0400. The van der Waals surface area contributed by atoms with Crippen molar-refractivity contribution in [1.29, 1.82) is 0 Å². The van der Waals surface area contributed by atoms with Crippen LogP contribution in [0.25, 0.3) is 0 Å². The second-order valence-corrected chi connectivity index (χ2v) is 5.67. The SMILES string of the molecule is C=CCCCCCC(O)CC1CCCCCC1. The Morgan fingerprint density at radius 3 is 2.41 bits per heavy atom. The molecule has 0 aromatic heterocycles. The van der Waals surface area contributed by atoms with Crippen LogP contribution in [-0.4, -0.2) is 11.2 Å². The Kier molecular flexibility index (Phi) is 8.42. The fourth-order valence-corrected chi connectivity index (χ4v) is 2.95. The number of unbranched alkanes of at least 4 members (excludes halogenated alkanes) is 3. The summed E-state index contributed by atoms with van der Waals surface area (Å²) in [4.78, 5) is 0. The van der Waals surface area contributed by atoms with E-state index in [0.717, 1.165) is 25.2 Å². The average Bonchev–Trinajstić information content (AvgIpc) is 2.57. The Balaban J connectivity index is 2.02. The number of hydrogen-bond donors (Lipinski definition) is 1. The topological polar surface area (TPSA) is 20.2 Å². The van der Waals surface area contributed by atoms with Crippen molar-refractivity contribution in [3.05, 3.63) is 12.7 Å². The third-order valence-electron chi connectivity index (χ3n) is 4.03. The molecule has 0 radical (unpaired) electrons. The van der Waals surface area contributed by atoms with Gasteiger partial charge < -0.3 is 5.11 Å². The second-order valence-electron chi connectivity index (χ2n) is 5.67. The average molecular weight is 238 g/mol. The van der Waals surface area contributed by atoms with Crippen molar-refractivity contribution in [3.63, 3.8) is 0 Å². The van der Waals surface area contributed by atoms with Crippen molar-refractivity contribution in [3.8, 4) is 0 Å². The predicted octanol–water partition coefficient (Wildman–Crippen LogP) is 4.84. The van der Waals surface area contributed by atoms with E-state index in [1.54, 1.807) is 0 Å². The molecular formula is C16H30O. The van der Waals surface area contributed by atoms with Gasteiger partial charge in [-0.1, -0.05) is 57.4 Å². The maximum atomic E-state index is 10.0. The first-order valence-electron chi connectivity index (χ1n) is 7.62. The summed E-state index contributed by atoms with van der Waals surface area (Å²) in [7, 11) is 0. The quantitative estimate of drug-likeness (QED) is 0.364. The summed E-state index contributed by atoms with van der Waals surface area (Å²) in [6.07, 6.45) is 17.1. The molecule has 1 nitrogen and oxygen atoms in total. The van der Waals surface area contributed by atoms with E-state index in [-0.39, 0.29) is 6.10 Å². The number of rotatable bonds is 8. The van der Waals surface area contributed by atoms with E-state index in [9.17, 15) is 5.11 Å².